The van der Waals surface area contributed by atoms with Crippen LogP contribution < -0.4 is 11.1 Å². The number of nitrogens with one attached hydrogen (secondary N) is 1. The molecule has 3 N–H and O–H groups in total. The van der Waals surface area contributed by atoms with Crippen molar-refractivity contribution in [2.24, 2.45) is 5.73 Å². The third kappa shape index (κ3) is 4.27. The summed E-state index contributed by atoms with van der Waals surface area (Å²) < 4.78 is 5.04. The quantitative estimate of drug-likeness (QED) is 0.593. The highest BCUT2D eigenvalue weighted by Gasteiger charge is 2.41. The maximum atomic E-state index is 11.5. The number of amides is 1. The minimum atomic E-state index is -1.36. The lowest BCUT2D eigenvalue weighted by atomic mass is 9.91. The Bertz CT molecular complexity index is 437. The molecule has 0 aromatic rings. The van der Waals surface area contributed by atoms with Crippen LogP contribution in [0.15, 0.2) is 23.9 Å². The van der Waals surface area contributed by atoms with E-state index in [-0.39, 0.29) is 13.0 Å². The summed E-state index contributed by atoms with van der Waals surface area (Å²) in [5.41, 5.74) is 4.01. The number of ether oxygens (including phenoxy) is 1. The molecule has 0 heterocycles. The number of alkyl carbamates (subject to hydrolysis) is 1. The summed E-state index contributed by atoms with van der Waals surface area (Å²) in [5.74, 6) is 0. The normalized spacial score (nSPS) is 22.6. The minimum absolute atomic E-state index is 0.137. The predicted octanol–water partition coefficient (Wildman–Crippen LogP) is 1.33. The molecule has 1 atom stereocenters. The second-order valence-electron chi connectivity index (χ2n) is 5.46. The third-order valence-electron chi connectivity index (χ3n) is 2.58. The molecule has 1 unspecified atom stereocenters. The van der Waals surface area contributed by atoms with Crippen molar-refractivity contribution in [2.45, 2.75) is 38.3 Å². The number of hydrogen-bond donors (Lipinski definition) is 2. The van der Waals surface area contributed by atoms with Crippen LogP contribution in [0, 0.1) is 10.1 Å². The lowest BCUT2D eigenvalue weighted by Crippen LogP contribution is -2.49. The van der Waals surface area contributed by atoms with Gasteiger partial charge in [0.05, 0.1) is 6.54 Å². The summed E-state index contributed by atoms with van der Waals surface area (Å²) in [7, 11) is 0. The maximum absolute atomic E-state index is 11.5. The van der Waals surface area contributed by atoms with Crippen LogP contribution in [-0.2, 0) is 4.74 Å². The average molecular weight is 269 g/mol. The van der Waals surface area contributed by atoms with Crippen molar-refractivity contribution in [3.05, 3.63) is 34.0 Å². The van der Waals surface area contributed by atoms with E-state index in [1.54, 1.807) is 26.8 Å². The fraction of sp³-hybridized carbons (Fsp3) is 0.583. The molecular weight excluding hydrogens is 250 g/mol. The summed E-state index contributed by atoms with van der Waals surface area (Å²) in [5, 5.41) is 13.6. The molecule has 106 valence electrons. The smallest absolute Gasteiger partial charge is 0.407 e. The number of hydrogen-bond acceptors (Lipinski definition) is 5. The number of nitro groups is 1. The van der Waals surface area contributed by atoms with Gasteiger partial charge in [0.25, 0.3) is 5.54 Å². The highest BCUT2D eigenvalue weighted by atomic mass is 16.6. The number of nitrogens with two attached hydrogens (primary N) is 1. The third-order valence-corrected chi connectivity index (χ3v) is 2.58. The fourth-order valence-corrected chi connectivity index (χ4v) is 1.55. The van der Waals surface area contributed by atoms with Gasteiger partial charge in [-0.15, -0.1) is 0 Å². The topological polar surface area (TPSA) is 107 Å². The van der Waals surface area contributed by atoms with E-state index in [0.29, 0.717) is 5.70 Å². The average Bonchev–Trinajstić information content (AvgIpc) is 2.26. The van der Waals surface area contributed by atoms with E-state index < -0.39 is 22.2 Å². The van der Waals surface area contributed by atoms with Crippen molar-refractivity contribution >= 4 is 6.09 Å². The van der Waals surface area contributed by atoms with Gasteiger partial charge in [-0.25, -0.2) is 4.79 Å². The van der Waals surface area contributed by atoms with E-state index in [0.717, 1.165) is 0 Å². The molecule has 1 aliphatic carbocycles. The summed E-state index contributed by atoms with van der Waals surface area (Å²) >= 11 is 0. The molecule has 1 aliphatic rings. The van der Waals surface area contributed by atoms with Crippen molar-refractivity contribution in [1.82, 2.24) is 5.32 Å². The molecule has 7 heteroatoms. The van der Waals surface area contributed by atoms with Gasteiger partial charge in [-0.3, -0.25) is 10.1 Å². The molecule has 1 amide bonds. The van der Waals surface area contributed by atoms with Gasteiger partial charge >= 0.3 is 6.09 Å². The first-order valence-corrected chi connectivity index (χ1v) is 5.91. The van der Waals surface area contributed by atoms with Gasteiger partial charge in [0.1, 0.15) is 5.60 Å². The molecule has 0 fully saturated rings. The van der Waals surface area contributed by atoms with E-state index in [9.17, 15) is 14.9 Å². The highest BCUT2D eigenvalue weighted by Crippen LogP contribution is 2.22. The Morgan fingerprint density at radius 3 is 2.68 bits per heavy atom. The lowest BCUT2D eigenvalue weighted by molar-refractivity contribution is -0.552. The molecule has 0 aromatic carbocycles. The van der Waals surface area contributed by atoms with E-state index in [4.69, 9.17) is 10.5 Å². The Kier molecular flexibility index (Phi) is 4.18. The largest absolute Gasteiger partial charge is 0.444 e. The van der Waals surface area contributed by atoms with Gasteiger partial charge in [0.2, 0.25) is 0 Å². The number of allylic oxidation sites excluding steroid dienone is 1. The van der Waals surface area contributed by atoms with Crippen LogP contribution in [-0.4, -0.2) is 28.7 Å². The number of rotatable bonds is 3. The lowest BCUT2D eigenvalue weighted by Gasteiger charge is -2.25. The van der Waals surface area contributed by atoms with Crippen molar-refractivity contribution in [2.75, 3.05) is 6.54 Å². The second-order valence-corrected chi connectivity index (χ2v) is 5.46. The Hall–Kier alpha value is -2.05. The van der Waals surface area contributed by atoms with E-state index in [1.165, 1.54) is 12.2 Å². The van der Waals surface area contributed by atoms with Gasteiger partial charge in [-0.2, -0.15) is 0 Å². The molecule has 0 saturated heterocycles. The molecule has 0 saturated carbocycles. The molecule has 19 heavy (non-hydrogen) atoms. The highest BCUT2D eigenvalue weighted by molar-refractivity contribution is 5.67. The van der Waals surface area contributed by atoms with Crippen molar-refractivity contribution in [1.29, 1.82) is 0 Å². The standard InChI is InChI=1S/C12H19N3O4/c1-11(2,3)19-10(16)14-8-12(15(17)18)6-4-9(13)5-7-12/h4-6H,7-8,13H2,1-3H3,(H,14,16). The van der Waals surface area contributed by atoms with Gasteiger partial charge < -0.3 is 15.8 Å². The van der Waals surface area contributed by atoms with Crippen LogP contribution >= 0.6 is 0 Å². The number of carbonyl (C=O) groups is 1. The van der Waals surface area contributed by atoms with Gasteiger partial charge in [0.15, 0.2) is 0 Å². The molecule has 0 bridgehead atoms. The van der Waals surface area contributed by atoms with Crippen molar-refractivity contribution in [3.8, 4) is 0 Å². The monoisotopic (exact) mass is 269 g/mol. The SMILES string of the molecule is CC(C)(C)OC(=O)NCC1([N+](=O)[O-])C=CC(N)=CC1. The zero-order valence-corrected chi connectivity index (χ0v) is 11.3. The minimum Gasteiger partial charge on any atom is -0.444 e. The Labute approximate surface area is 111 Å². The Balaban J connectivity index is 2.65. The van der Waals surface area contributed by atoms with Crippen LogP contribution in [0.5, 0.6) is 0 Å². The van der Waals surface area contributed by atoms with E-state index in [1.807, 2.05) is 0 Å². The summed E-state index contributed by atoms with van der Waals surface area (Å²) in [6.07, 6.45) is 3.91. The fourth-order valence-electron chi connectivity index (χ4n) is 1.55. The van der Waals surface area contributed by atoms with Crippen LogP contribution in [0.2, 0.25) is 0 Å². The summed E-state index contributed by atoms with van der Waals surface area (Å²) in [6, 6.07) is 0. The molecule has 7 nitrogen and oxygen atoms in total. The number of carbonyl (C=O) groups excluding carboxylic acids is 1. The summed E-state index contributed by atoms with van der Waals surface area (Å²) in [6.45, 7) is 5.02. The van der Waals surface area contributed by atoms with Crippen LogP contribution in [0.25, 0.3) is 0 Å². The molecule has 0 aliphatic heterocycles. The zero-order chi connectivity index (χ0) is 14.7. The van der Waals surface area contributed by atoms with E-state index >= 15 is 0 Å². The zero-order valence-electron chi connectivity index (χ0n) is 11.3. The second kappa shape index (κ2) is 5.29. The van der Waals surface area contributed by atoms with Crippen molar-refractivity contribution in [3.63, 3.8) is 0 Å². The Morgan fingerprint density at radius 2 is 2.26 bits per heavy atom. The van der Waals surface area contributed by atoms with Gasteiger partial charge in [-0.1, -0.05) is 6.08 Å². The summed E-state index contributed by atoms with van der Waals surface area (Å²) in [4.78, 5) is 22.3. The molecule has 1 rings (SSSR count). The van der Waals surface area contributed by atoms with E-state index in [2.05, 4.69) is 5.32 Å². The first-order chi connectivity index (χ1) is 8.65. The Morgan fingerprint density at radius 1 is 1.63 bits per heavy atom. The molecule has 0 aromatic heterocycles. The first-order valence-electron chi connectivity index (χ1n) is 5.91. The van der Waals surface area contributed by atoms with Crippen molar-refractivity contribution < 1.29 is 14.5 Å². The first kappa shape index (κ1) is 15.0. The van der Waals surface area contributed by atoms with Crippen LogP contribution in [0.4, 0.5) is 4.79 Å². The van der Waals surface area contributed by atoms with Gasteiger partial charge in [0, 0.05) is 17.0 Å². The molecule has 0 radical (unpaired) electrons. The predicted molar refractivity (Wildman–Crippen MR) is 70.0 cm³/mol. The van der Waals surface area contributed by atoms with Crippen LogP contribution in [0.1, 0.15) is 27.2 Å². The maximum Gasteiger partial charge on any atom is 0.407 e. The van der Waals surface area contributed by atoms with Gasteiger partial charge in [-0.05, 0) is 32.9 Å². The molecule has 0 spiro atoms. The molecular formula is C12H19N3O4. The number of nitrogens with zero attached hydrogens (tertiary/aromatic N) is 1. The van der Waals surface area contributed by atoms with Crippen LogP contribution in [0.3, 0.4) is 0 Å².